The molecule has 2 amide bonds. The smallest absolute Gasteiger partial charge is 0.319 e. The lowest BCUT2D eigenvalue weighted by Crippen LogP contribution is -2.30. The van der Waals surface area contributed by atoms with Gasteiger partial charge in [-0.05, 0) is 48.7 Å². The van der Waals surface area contributed by atoms with Crippen molar-refractivity contribution in [1.29, 1.82) is 0 Å². The van der Waals surface area contributed by atoms with Gasteiger partial charge in [-0.3, -0.25) is 0 Å². The second-order valence-electron chi connectivity index (χ2n) is 5.06. The van der Waals surface area contributed by atoms with Gasteiger partial charge in [0, 0.05) is 11.0 Å². The van der Waals surface area contributed by atoms with Crippen molar-refractivity contribution < 1.29 is 13.9 Å². The quantitative estimate of drug-likeness (QED) is 0.813. The molecule has 0 radical (unpaired) electrons. The van der Waals surface area contributed by atoms with Crippen molar-refractivity contribution in [2.24, 2.45) is 0 Å². The van der Waals surface area contributed by atoms with Crippen LogP contribution in [0, 0.1) is 12.7 Å². The molecule has 122 valence electrons. The number of carbonyl (C=O) groups excluding carboxylic acids is 1. The van der Waals surface area contributed by atoms with Crippen molar-refractivity contribution in [1.82, 2.24) is 5.32 Å². The molecule has 6 heteroatoms. The van der Waals surface area contributed by atoms with Crippen LogP contribution in [-0.2, 0) is 6.42 Å². The number of aryl methyl sites for hydroxylation is 1. The summed E-state index contributed by atoms with van der Waals surface area (Å²) in [5.41, 5.74) is 2.49. The van der Waals surface area contributed by atoms with Gasteiger partial charge in [-0.2, -0.15) is 0 Å². The summed E-state index contributed by atoms with van der Waals surface area (Å²) >= 11 is 3.39. The highest BCUT2D eigenvalue weighted by atomic mass is 79.9. The summed E-state index contributed by atoms with van der Waals surface area (Å²) in [5, 5.41) is 5.57. The Labute approximate surface area is 143 Å². The lowest BCUT2D eigenvalue weighted by Gasteiger charge is -2.14. The first kappa shape index (κ1) is 17.3. The Morgan fingerprint density at radius 3 is 2.61 bits per heavy atom. The molecular formula is C17H18BrFN2O2. The normalized spacial score (nSPS) is 10.3. The van der Waals surface area contributed by atoms with Crippen molar-refractivity contribution in [3.8, 4) is 5.75 Å². The molecule has 0 bridgehead atoms. The van der Waals surface area contributed by atoms with E-state index in [9.17, 15) is 9.18 Å². The number of methoxy groups -OCH3 is 1. The van der Waals surface area contributed by atoms with Crippen LogP contribution in [0.4, 0.5) is 14.9 Å². The van der Waals surface area contributed by atoms with E-state index >= 15 is 0 Å². The van der Waals surface area contributed by atoms with Gasteiger partial charge in [0.05, 0.1) is 12.8 Å². The van der Waals surface area contributed by atoms with E-state index < -0.39 is 0 Å². The van der Waals surface area contributed by atoms with E-state index in [1.54, 1.807) is 25.3 Å². The number of urea groups is 1. The second kappa shape index (κ2) is 7.97. The van der Waals surface area contributed by atoms with E-state index in [2.05, 4.69) is 26.6 Å². The van der Waals surface area contributed by atoms with Crippen molar-refractivity contribution in [2.45, 2.75) is 13.3 Å². The van der Waals surface area contributed by atoms with E-state index in [0.29, 0.717) is 24.4 Å². The molecular weight excluding hydrogens is 363 g/mol. The third kappa shape index (κ3) is 4.96. The number of nitrogens with one attached hydrogen (secondary N) is 2. The van der Waals surface area contributed by atoms with Crippen LogP contribution >= 0.6 is 15.9 Å². The van der Waals surface area contributed by atoms with Gasteiger partial charge in [-0.1, -0.05) is 28.1 Å². The molecule has 0 atom stereocenters. The molecule has 0 saturated heterocycles. The largest absolute Gasteiger partial charge is 0.495 e. The number of carbonyl (C=O) groups is 1. The topological polar surface area (TPSA) is 50.4 Å². The van der Waals surface area contributed by atoms with Gasteiger partial charge in [-0.25, -0.2) is 9.18 Å². The molecule has 4 nitrogen and oxygen atoms in total. The van der Waals surface area contributed by atoms with Crippen molar-refractivity contribution in [3.63, 3.8) is 0 Å². The fourth-order valence-corrected chi connectivity index (χ4v) is 2.71. The molecule has 0 aromatic heterocycles. The molecule has 2 aromatic rings. The maximum Gasteiger partial charge on any atom is 0.319 e. The summed E-state index contributed by atoms with van der Waals surface area (Å²) in [5.74, 6) is 0.322. The van der Waals surface area contributed by atoms with E-state index in [1.165, 1.54) is 12.1 Å². The minimum atomic E-state index is -0.309. The number of amides is 2. The van der Waals surface area contributed by atoms with Gasteiger partial charge in [-0.15, -0.1) is 0 Å². The first-order valence-corrected chi connectivity index (χ1v) is 7.92. The Kier molecular flexibility index (Phi) is 5.98. The van der Waals surface area contributed by atoms with Crippen LogP contribution in [0.3, 0.4) is 0 Å². The van der Waals surface area contributed by atoms with Gasteiger partial charge in [0.15, 0.2) is 0 Å². The fraction of sp³-hybridized carbons (Fsp3) is 0.235. The fourth-order valence-electron chi connectivity index (χ4n) is 2.16. The third-order valence-electron chi connectivity index (χ3n) is 3.34. The van der Waals surface area contributed by atoms with Crippen LogP contribution in [0.15, 0.2) is 40.9 Å². The third-order valence-corrected chi connectivity index (χ3v) is 3.79. The van der Waals surface area contributed by atoms with E-state index in [1.807, 2.05) is 13.0 Å². The zero-order valence-corrected chi connectivity index (χ0v) is 14.5. The van der Waals surface area contributed by atoms with Crippen molar-refractivity contribution >= 4 is 27.6 Å². The number of ether oxygens (including phenoxy) is 1. The second-order valence-corrected chi connectivity index (χ2v) is 5.97. The molecule has 0 aliphatic rings. The number of benzene rings is 2. The minimum Gasteiger partial charge on any atom is -0.495 e. The van der Waals surface area contributed by atoms with Crippen molar-refractivity contribution in [2.75, 3.05) is 19.0 Å². The maximum absolute atomic E-state index is 12.8. The van der Waals surface area contributed by atoms with Crippen LogP contribution in [-0.4, -0.2) is 19.7 Å². The number of anilines is 1. The number of halogens is 2. The summed E-state index contributed by atoms with van der Waals surface area (Å²) in [7, 11) is 1.55. The van der Waals surface area contributed by atoms with Crippen LogP contribution in [0.2, 0.25) is 0 Å². The summed E-state index contributed by atoms with van der Waals surface area (Å²) < 4.78 is 19.0. The Bertz CT molecular complexity index is 690. The molecule has 0 unspecified atom stereocenters. The molecule has 0 heterocycles. The number of rotatable bonds is 5. The Morgan fingerprint density at radius 1 is 1.26 bits per heavy atom. The van der Waals surface area contributed by atoms with Crippen molar-refractivity contribution in [3.05, 3.63) is 57.8 Å². The Balaban J connectivity index is 1.91. The predicted octanol–water partition coefficient (Wildman–Crippen LogP) is 4.27. The summed E-state index contributed by atoms with van der Waals surface area (Å²) in [4.78, 5) is 12.0. The van der Waals surface area contributed by atoms with E-state index in [4.69, 9.17) is 4.74 Å². The van der Waals surface area contributed by atoms with Gasteiger partial charge < -0.3 is 15.4 Å². The molecule has 0 aliphatic carbocycles. The molecule has 0 aliphatic heterocycles. The predicted molar refractivity (Wildman–Crippen MR) is 92.6 cm³/mol. The van der Waals surface area contributed by atoms with Gasteiger partial charge >= 0.3 is 6.03 Å². The Morgan fingerprint density at radius 2 is 1.96 bits per heavy atom. The lowest BCUT2D eigenvalue weighted by molar-refractivity contribution is 0.252. The minimum absolute atomic E-state index is 0.266. The molecule has 2 rings (SSSR count). The molecule has 0 spiro atoms. The highest BCUT2D eigenvalue weighted by Gasteiger charge is 2.11. The van der Waals surface area contributed by atoms with Crippen LogP contribution < -0.4 is 15.4 Å². The van der Waals surface area contributed by atoms with Crippen LogP contribution in [0.5, 0.6) is 5.75 Å². The standard InChI is InChI=1S/C17H18BrFN2O2/c1-11-9-13(18)10-15(23-2)16(11)21-17(22)20-8-7-12-3-5-14(19)6-4-12/h3-6,9-10H,7-8H2,1-2H3,(H2,20,21,22). The van der Waals surface area contributed by atoms with E-state index in [0.717, 1.165) is 15.6 Å². The maximum atomic E-state index is 12.8. The SMILES string of the molecule is COc1cc(Br)cc(C)c1NC(=O)NCCc1ccc(F)cc1. The van der Waals surface area contributed by atoms with Crippen LogP contribution in [0.25, 0.3) is 0 Å². The summed E-state index contributed by atoms with van der Waals surface area (Å²) in [6.45, 7) is 2.34. The number of hydrogen-bond donors (Lipinski definition) is 2. The first-order valence-electron chi connectivity index (χ1n) is 7.13. The number of hydrogen-bond acceptors (Lipinski definition) is 2. The molecule has 2 N–H and O–H groups in total. The molecule has 23 heavy (non-hydrogen) atoms. The molecule has 2 aromatic carbocycles. The lowest BCUT2D eigenvalue weighted by atomic mass is 10.1. The molecule has 0 fully saturated rings. The van der Waals surface area contributed by atoms with Gasteiger partial charge in [0.25, 0.3) is 0 Å². The van der Waals surface area contributed by atoms with Gasteiger partial charge in [0.1, 0.15) is 11.6 Å². The van der Waals surface area contributed by atoms with E-state index in [-0.39, 0.29) is 11.8 Å². The zero-order chi connectivity index (χ0) is 16.8. The summed E-state index contributed by atoms with van der Waals surface area (Å²) in [6, 6.07) is 9.61. The Hall–Kier alpha value is -2.08. The monoisotopic (exact) mass is 380 g/mol. The first-order chi connectivity index (χ1) is 11.0. The average Bonchev–Trinajstić information content (AvgIpc) is 2.51. The highest BCUT2D eigenvalue weighted by molar-refractivity contribution is 9.10. The van der Waals surface area contributed by atoms with Gasteiger partial charge in [0.2, 0.25) is 0 Å². The molecule has 0 saturated carbocycles. The van der Waals surface area contributed by atoms with Crippen LogP contribution in [0.1, 0.15) is 11.1 Å². The average molecular weight is 381 g/mol. The zero-order valence-electron chi connectivity index (χ0n) is 13.0. The highest BCUT2D eigenvalue weighted by Crippen LogP contribution is 2.31. The summed E-state index contributed by atoms with van der Waals surface area (Å²) in [6.07, 6.45) is 0.629.